The maximum atomic E-state index is 12.7. The molecule has 1 N–H and O–H groups in total. The zero-order valence-electron chi connectivity index (χ0n) is 17.5. The van der Waals surface area contributed by atoms with Crippen LogP contribution < -0.4 is 5.32 Å². The zero-order valence-corrected chi connectivity index (χ0v) is 19.2. The van der Waals surface area contributed by atoms with Crippen molar-refractivity contribution in [2.45, 2.75) is 42.2 Å². The molecule has 0 radical (unpaired) electrons. The van der Waals surface area contributed by atoms with Gasteiger partial charge in [0.25, 0.3) is 0 Å². The summed E-state index contributed by atoms with van der Waals surface area (Å²) < 4.78 is 26.8. The highest BCUT2D eigenvalue weighted by Gasteiger charge is 2.30. The molecular weight excluding hydrogens is 420 g/mol. The van der Waals surface area contributed by atoms with Gasteiger partial charge in [0.1, 0.15) is 4.90 Å². The van der Waals surface area contributed by atoms with Gasteiger partial charge in [0.05, 0.1) is 0 Å². The van der Waals surface area contributed by atoms with Crippen molar-refractivity contribution in [1.29, 1.82) is 0 Å². The Balaban J connectivity index is 1.58. The summed E-state index contributed by atoms with van der Waals surface area (Å²) >= 11 is 1.82. The van der Waals surface area contributed by atoms with Crippen LogP contribution in [0.1, 0.15) is 25.8 Å². The molecule has 0 aliphatic carbocycles. The number of nitrogens with zero attached hydrogens (tertiary/aromatic N) is 3. The summed E-state index contributed by atoms with van der Waals surface area (Å²) in [4.78, 5) is 19.6. The molecule has 3 rings (SSSR count). The number of anilines is 1. The van der Waals surface area contributed by atoms with Crippen LogP contribution in [0, 0.1) is 6.92 Å². The number of nitrogens with one attached hydrogen (secondary N) is 1. The van der Waals surface area contributed by atoms with E-state index in [0.29, 0.717) is 18.3 Å². The van der Waals surface area contributed by atoms with Gasteiger partial charge in [0.15, 0.2) is 0 Å². The number of thioether (sulfide) groups is 1. The fourth-order valence-corrected chi connectivity index (χ4v) is 5.55. The zero-order chi connectivity index (χ0) is 21.7. The van der Waals surface area contributed by atoms with Gasteiger partial charge in [-0.05, 0) is 49.2 Å². The highest BCUT2D eigenvalue weighted by molar-refractivity contribution is 7.99. The van der Waals surface area contributed by atoms with E-state index in [1.54, 1.807) is 17.2 Å². The van der Waals surface area contributed by atoms with Crippen molar-refractivity contribution < 1.29 is 13.2 Å². The molecular formula is C21H28N4O3S2. The van der Waals surface area contributed by atoms with Crippen molar-refractivity contribution in [3.05, 3.63) is 48.3 Å². The number of sulfonamides is 1. The molecule has 1 fully saturated rings. The van der Waals surface area contributed by atoms with Crippen LogP contribution in [0.3, 0.4) is 0 Å². The number of urea groups is 1. The van der Waals surface area contributed by atoms with E-state index in [2.05, 4.69) is 30.2 Å². The molecule has 7 nitrogen and oxygen atoms in total. The van der Waals surface area contributed by atoms with Crippen molar-refractivity contribution in [2.24, 2.45) is 0 Å². The summed E-state index contributed by atoms with van der Waals surface area (Å²) in [7, 11) is -3.58. The first kappa shape index (κ1) is 22.6. The molecule has 2 heterocycles. The van der Waals surface area contributed by atoms with Gasteiger partial charge in [0, 0.05) is 54.4 Å². The Morgan fingerprint density at radius 2 is 1.97 bits per heavy atom. The van der Waals surface area contributed by atoms with Crippen LogP contribution in [0.4, 0.5) is 10.5 Å². The van der Waals surface area contributed by atoms with Crippen molar-refractivity contribution in [3.8, 4) is 0 Å². The van der Waals surface area contributed by atoms with E-state index < -0.39 is 10.0 Å². The van der Waals surface area contributed by atoms with E-state index in [4.69, 9.17) is 0 Å². The van der Waals surface area contributed by atoms with E-state index in [1.165, 1.54) is 21.5 Å². The predicted octanol–water partition coefficient (Wildman–Crippen LogP) is 3.82. The van der Waals surface area contributed by atoms with Crippen molar-refractivity contribution in [1.82, 2.24) is 14.2 Å². The normalized spacial score (nSPS) is 16.3. The van der Waals surface area contributed by atoms with Crippen LogP contribution in [0.2, 0.25) is 0 Å². The molecule has 2 aromatic rings. The minimum atomic E-state index is -3.58. The summed E-state index contributed by atoms with van der Waals surface area (Å²) in [5.41, 5.74) is 1.79. The fraction of sp³-hybridized carbons (Fsp3) is 0.429. The molecule has 9 heteroatoms. The number of pyridine rings is 1. The lowest BCUT2D eigenvalue weighted by Gasteiger charge is -2.34. The summed E-state index contributed by atoms with van der Waals surface area (Å²) in [6.07, 6.45) is 3.99. The number of carbonyl (C=O) groups is 1. The number of aryl methyl sites for hydroxylation is 1. The van der Waals surface area contributed by atoms with Crippen LogP contribution in [0.25, 0.3) is 0 Å². The molecule has 1 aliphatic rings. The number of amides is 2. The van der Waals surface area contributed by atoms with E-state index in [-0.39, 0.29) is 24.0 Å². The van der Waals surface area contributed by atoms with E-state index in [9.17, 15) is 13.2 Å². The Hall–Kier alpha value is -2.10. The van der Waals surface area contributed by atoms with Crippen molar-refractivity contribution in [2.75, 3.05) is 31.5 Å². The van der Waals surface area contributed by atoms with Crippen molar-refractivity contribution >= 4 is 33.5 Å². The number of carbonyl (C=O) groups excluding carboxylic acids is 1. The molecule has 2 amide bonds. The second-order valence-corrected chi connectivity index (χ2v) is 10.8. The molecule has 0 spiro atoms. The average Bonchev–Trinajstić information content (AvgIpc) is 2.76. The second-order valence-electron chi connectivity index (χ2n) is 7.32. The van der Waals surface area contributed by atoms with Crippen LogP contribution in [-0.4, -0.2) is 60.1 Å². The first-order chi connectivity index (χ1) is 14.3. The Morgan fingerprint density at radius 3 is 2.57 bits per heavy atom. The molecule has 1 aromatic carbocycles. The number of piperazine rings is 1. The average molecular weight is 449 g/mol. The Morgan fingerprint density at radius 1 is 1.23 bits per heavy atom. The van der Waals surface area contributed by atoms with Crippen LogP contribution >= 0.6 is 11.8 Å². The SMILES string of the molecule is CCC(C)Sc1ccc(NC(=O)N2CCN(S(=O)(=O)c3cccnc3)CC2)c(C)c1. The third-order valence-corrected chi connectivity index (χ3v) is 8.29. The number of benzene rings is 1. The molecule has 1 aliphatic heterocycles. The number of aromatic nitrogens is 1. The predicted molar refractivity (Wildman–Crippen MR) is 120 cm³/mol. The molecule has 1 atom stereocenters. The van der Waals surface area contributed by atoms with E-state index in [0.717, 1.165) is 17.7 Å². The van der Waals surface area contributed by atoms with Gasteiger partial charge < -0.3 is 10.2 Å². The van der Waals surface area contributed by atoms with E-state index in [1.807, 2.05) is 30.8 Å². The van der Waals surface area contributed by atoms with Crippen LogP contribution in [0.5, 0.6) is 0 Å². The summed E-state index contributed by atoms with van der Waals surface area (Å²) in [6.45, 7) is 7.54. The summed E-state index contributed by atoms with van der Waals surface area (Å²) in [5.74, 6) is 0. The maximum absolute atomic E-state index is 12.7. The van der Waals surface area contributed by atoms with Gasteiger partial charge in [-0.25, -0.2) is 13.2 Å². The van der Waals surface area contributed by atoms with Gasteiger partial charge in [-0.1, -0.05) is 13.8 Å². The van der Waals surface area contributed by atoms with Gasteiger partial charge >= 0.3 is 6.03 Å². The minimum absolute atomic E-state index is 0.175. The lowest BCUT2D eigenvalue weighted by molar-refractivity contribution is 0.184. The van der Waals surface area contributed by atoms with Crippen LogP contribution in [-0.2, 0) is 10.0 Å². The fourth-order valence-electron chi connectivity index (χ4n) is 3.14. The molecule has 1 unspecified atom stereocenters. The maximum Gasteiger partial charge on any atom is 0.321 e. The molecule has 0 saturated carbocycles. The molecule has 0 bridgehead atoms. The summed E-state index contributed by atoms with van der Waals surface area (Å²) in [5, 5.41) is 3.50. The van der Waals surface area contributed by atoms with Gasteiger partial charge in [-0.15, -0.1) is 11.8 Å². The standard InChI is InChI=1S/C21H28N4O3S2/c1-4-17(3)29-18-7-8-20(16(2)14-18)23-21(26)24-10-12-25(13-11-24)30(27,28)19-6-5-9-22-15-19/h5-9,14-15,17H,4,10-13H2,1-3H3,(H,23,26). The van der Waals surface area contributed by atoms with E-state index >= 15 is 0 Å². The lowest BCUT2D eigenvalue weighted by atomic mass is 10.2. The Bertz CT molecular complexity index is 975. The van der Waals surface area contributed by atoms with Gasteiger partial charge in [-0.2, -0.15) is 4.31 Å². The molecule has 30 heavy (non-hydrogen) atoms. The number of hydrogen-bond donors (Lipinski definition) is 1. The Labute approximate surface area is 182 Å². The highest BCUT2D eigenvalue weighted by Crippen LogP contribution is 2.28. The largest absolute Gasteiger partial charge is 0.322 e. The highest BCUT2D eigenvalue weighted by atomic mass is 32.2. The molecule has 1 aromatic heterocycles. The minimum Gasteiger partial charge on any atom is -0.322 e. The van der Waals surface area contributed by atoms with Crippen LogP contribution in [0.15, 0.2) is 52.5 Å². The third-order valence-electron chi connectivity index (χ3n) is 5.15. The van der Waals surface area contributed by atoms with Crippen molar-refractivity contribution in [3.63, 3.8) is 0 Å². The second kappa shape index (κ2) is 9.80. The lowest BCUT2D eigenvalue weighted by Crippen LogP contribution is -2.51. The first-order valence-corrected chi connectivity index (χ1v) is 12.4. The number of rotatable bonds is 6. The molecule has 1 saturated heterocycles. The molecule has 162 valence electrons. The van der Waals surface area contributed by atoms with Gasteiger partial charge in [-0.3, -0.25) is 4.98 Å². The summed E-state index contributed by atoms with van der Waals surface area (Å²) in [6, 6.07) is 8.97. The third kappa shape index (κ3) is 5.33. The Kier molecular flexibility index (Phi) is 7.38. The first-order valence-electron chi connectivity index (χ1n) is 10.0. The number of hydrogen-bond acceptors (Lipinski definition) is 5. The quantitative estimate of drug-likeness (QED) is 0.680. The van der Waals surface area contributed by atoms with Gasteiger partial charge in [0.2, 0.25) is 10.0 Å². The topological polar surface area (TPSA) is 82.6 Å². The smallest absolute Gasteiger partial charge is 0.321 e. The monoisotopic (exact) mass is 448 g/mol.